The molecule has 1 aromatic heterocycles. The third kappa shape index (κ3) is 2.54. The van der Waals surface area contributed by atoms with E-state index in [4.69, 9.17) is 9.15 Å². The predicted molar refractivity (Wildman–Crippen MR) is 77.8 cm³/mol. The van der Waals surface area contributed by atoms with Gasteiger partial charge in [-0.2, -0.15) is 0 Å². The summed E-state index contributed by atoms with van der Waals surface area (Å²) in [6, 6.07) is 3.37. The number of aromatic hydroxyl groups is 1. The summed E-state index contributed by atoms with van der Waals surface area (Å²) < 4.78 is 11.0. The minimum Gasteiger partial charge on any atom is -0.507 e. The molecule has 1 aliphatic rings. The molecule has 5 heteroatoms. The van der Waals surface area contributed by atoms with Gasteiger partial charge in [0.25, 0.3) is 0 Å². The van der Waals surface area contributed by atoms with Crippen molar-refractivity contribution in [3.8, 4) is 5.75 Å². The monoisotopic (exact) mass is 290 g/mol. The molecule has 112 valence electrons. The van der Waals surface area contributed by atoms with E-state index < -0.39 is 0 Å². The van der Waals surface area contributed by atoms with Gasteiger partial charge in [-0.1, -0.05) is 0 Å². The van der Waals surface area contributed by atoms with E-state index in [1.807, 2.05) is 0 Å². The number of phenols is 1. The molecule has 0 radical (unpaired) electrons. The summed E-state index contributed by atoms with van der Waals surface area (Å²) in [5.74, 6) is 0.807. The molecule has 0 unspecified atom stereocenters. The minimum atomic E-state index is -0.0323. The average molecular weight is 290 g/mol. The number of quaternary nitrogens is 1. The number of benzene rings is 1. The summed E-state index contributed by atoms with van der Waals surface area (Å²) >= 11 is 0. The molecule has 0 aliphatic carbocycles. The number of ketones is 1. The van der Waals surface area contributed by atoms with Crippen molar-refractivity contribution in [2.24, 2.45) is 0 Å². The summed E-state index contributed by atoms with van der Waals surface area (Å²) in [4.78, 5) is 13.3. The second-order valence-corrected chi connectivity index (χ2v) is 5.56. The highest BCUT2D eigenvalue weighted by molar-refractivity contribution is 6.08. The van der Waals surface area contributed by atoms with E-state index in [-0.39, 0.29) is 11.5 Å². The van der Waals surface area contributed by atoms with Gasteiger partial charge in [0.2, 0.25) is 0 Å². The number of furan rings is 1. The molecular formula is C16H20NO4+. The van der Waals surface area contributed by atoms with Gasteiger partial charge < -0.3 is 19.2 Å². The number of hydrogen-bond acceptors (Lipinski definition) is 4. The van der Waals surface area contributed by atoms with Crippen molar-refractivity contribution in [3.63, 3.8) is 0 Å². The van der Waals surface area contributed by atoms with E-state index in [9.17, 15) is 9.90 Å². The van der Waals surface area contributed by atoms with Crippen LogP contribution in [0.5, 0.6) is 5.75 Å². The third-order valence-corrected chi connectivity index (χ3v) is 4.09. The van der Waals surface area contributed by atoms with Crippen LogP contribution in [0.1, 0.15) is 28.6 Å². The van der Waals surface area contributed by atoms with Crippen LogP contribution in [0.2, 0.25) is 0 Å². The van der Waals surface area contributed by atoms with E-state index in [1.54, 1.807) is 19.1 Å². The van der Waals surface area contributed by atoms with Crippen molar-refractivity contribution in [1.82, 2.24) is 0 Å². The Bertz CT molecular complexity index is 683. The second kappa shape index (κ2) is 5.50. The van der Waals surface area contributed by atoms with E-state index in [2.05, 4.69) is 0 Å². The van der Waals surface area contributed by atoms with Crippen LogP contribution in [0.3, 0.4) is 0 Å². The van der Waals surface area contributed by atoms with Gasteiger partial charge >= 0.3 is 0 Å². The topological polar surface area (TPSA) is 64.1 Å². The molecule has 0 amide bonds. The number of hydrogen-bond donors (Lipinski definition) is 2. The third-order valence-electron chi connectivity index (χ3n) is 4.09. The van der Waals surface area contributed by atoms with Crippen LogP contribution in [0.4, 0.5) is 0 Å². The zero-order valence-electron chi connectivity index (χ0n) is 12.4. The van der Waals surface area contributed by atoms with Crippen molar-refractivity contribution in [2.45, 2.75) is 20.4 Å². The van der Waals surface area contributed by atoms with E-state index in [1.165, 1.54) is 11.8 Å². The highest BCUT2D eigenvalue weighted by Crippen LogP contribution is 2.33. The van der Waals surface area contributed by atoms with E-state index in [0.717, 1.165) is 37.3 Å². The molecule has 5 nitrogen and oxygen atoms in total. The molecule has 3 rings (SSSR count). The standard InChI is InChI=1S/C16H19NO4/c1-10(18)15-11(2)21-14-4-3-13(19)12(16(14)15)9-17-5-7-20-8-6-17/h3-4,19H,5-9H2,1-2H3/p+1. The zero-order valence-corrected chi connectivity index (χ0v) is 12.4. The normalized spacial score (nSPS) is 16.5. The first kappa shape index (κ1) is 14.1. The van der Waals surface area contributed by atoms with Gasteiger partial charge in [-0.05, 0) is 26.0 Å². The summed E-state index contributed by atoms with van der Waals surface area (Å²) in [6.45, 7) is 7.27. The second-order valence-electron chi connectivity index (χ2n) is 5.56. The Morgan fingerprint density at radius 3 is 2.71 bits per heavy atom. The number of carbonyl (C=O) groups is 1. The van der Waals surface area contributed by atoms with Gasteiger partial charge in [-0.15, -0.1) is 0 Å². The SMILES string of the molecule is CC(=O)c1c(C)oc2ccc(O)c(C[NH+]3CCOCC3)c12. The number of fused-ring (bicyclic) bond motifs is 1. The van der Waals surface area contributed by atoms with Crippen LogP contribution in [0, 0.1) is 6.92 Å². The van der Waals surface area contributed by atoms with Crippen LogP contribution >= 0.6 is 0 Å². The first-order valence-corrected chi connectivity index (χ1v) is 7.24. The molecule has 1 aromatic carbocycles. The zero-order chi connectivity index (χ0) is 15.0. The lowest BCUT2D eigenvalue weighted by atomic mass is 10.0. The Morgan fingerprint density at radius 1 is 1.33 bits per heavy atom. The Labute approximate surface area is 123 Å². The van der Waals surface area contributed by atoms with Crippen molar-refractivity contribution < 1.29 is 24.0 Å². The molecule has 1 fully saturated rings. The summed E-state index contributed by atoms with van der Waals surface area (Å²) in [7, 11) is 0. The molecule has 0 bridgehead atoms. The van der Waals surface area contributed by atoms with Gasteiger partial charge in [-0.3, -0.25) is 4.79 Å². The molecule has 2 heterocycles. The van der Waals surface area contributed by atoms with Crippen LogP contribution in [0.25, 0.3) is 11.0 Å². The van der Waals surface area contributed by atoms with Gasteiger partial charge in [-0.25, -0.2) is 0 Å². The van der Waals surface area contributed by atoms with Gasteiger partial charge in [0, 0.05) is 5.39 Å². The fraction of sp³-hybridized carbons (Fsp3) is 0.438. The van der Waals surface area contributed by atoms with Crippen LogP contribution in [0.15, 0.2) is 16.5 Å². The molecular weight excluding hydrogens is 270 g/mol. The quantitative estimate of drug-likeness (QED) is 0.830. The highest BCUT2D eigenvalue weighted by Gasteiger charge is 2.24. The van der Waals surface area contributed by atoms with Crippen molar-refractivity contribution in [3.05, 3.63) is 29.0 Å². The Balaban J connectivity index is 2.10. The number of Topliss-reactive ketones (excluding diaryl/α,β-unsaturated/α-hetero) is 1. The molecule has 2 aromatic rings. The molecule has 0 atom stereocenters. The fourth-order valence-electron chi connectivity index (χ4n) is 3.06. The van der Waals surface area contributed by atoms with Gasteiger partial charge in [0.15, 0.2) is 5.78 Å². The van der Waals surface area contributed by atoms with Crippen molar-refractivity contribution >= 4 is 16.8 Å². The van der Waals surface area contributed by atoms with Gasteiger partial charge in [0.05, 0.1) is 24.3 Å². The summed E-state index contributed by atoms with van der Waals surface area (Å²) in [5.41, 5.74) is 2.05. The van der Waals surface area contributed by atoms with Crippen LogP contribution in [-0.4, -0.2) is 37.2 Å². The maximum absolute atomic E-state index is 11.9. The minimum absolute atomic E-state index is 0.0323. The van der Waals surface area contributed by atoms with Crippen molar-refractivity contribution in [2.75, 3.05) is 26.3 Å². The molecule has 0 saturated carbocycles. The lowest BCUT2D eigenvalue weighted by molar-refractivity contribution is -0.921. The number of ether oxygens (including phenoxy) is 1. The van der Waals surface area contributed by atoms with Crippen LogP contribution < -0.4 is 4.90 Å². The Morgan fingerprint density at radius 2 is 2.05 bits per heavy atom. The Kier molecular flexibility index (Phi) is 3.69. The average Bonchev–Trinajstić information content (AvgIpc) is 2.80. The molecule has 1 aliphatic heterocycles. The fourth-order valence-corrected chi connectivity index (χ4v) is 3.06. The molecule has 1 saturated heterocycles. The summed E-state index contributed by atoms with van der Waals surface area (Å²) in [6.07, 6.45) is 0. The molecule has 2 N–H and O–H groups in total. The lowest BCUT2D eigenvalue weighted by Crippen LogP contribution is -3.12. The van der Waals surface area contributed by atoms with Gasteiger partial charge in [0.1, 0.15) is 36.7 Å². The van der Waals surface area contributed by atoms with E-state index in [0.29, 0.717) is 23.5 Å². The number of carbonyl (C=O) groups excluding carboxylic acids is 1. The maximum Gasteiger partial charge on any atom is 0.163 e. The largest absolute Gasteiger partial charge is 0.507 e. The molecule has 21 heavy (non-hydrogen) atoms. The number of nitrogens with one attached hydrogen (secondary N) is 1. The first-order chi connectivity index (χ1) is 10.1. The van der Waals surface area contributed by atoms with Crippen molar-refractivity contribution in [1.29, 1.82) is 0 Å². The number of phenolic OH excluding ortho intramolecular Hbond substituents is 1. The lowest BCUT2D eigenvalue weighted by Gasteiger charge is -2.24. The smallest absolute Gasteiger partial charge is 0.163 e. The first-order valence-electron chi connectivity index (χ1n) is 7.24. The predicted octanol–water partition coefficient (Wildman–Crippen LogP) is 1.06. The van der Waals surface area contributed by atoms with Crippen LogP contribution in [-0.2, 0) is 11.3 Å². The van der Waals surface area contributed by atoms with E-state index >= 15 is 0 Å². The summed E-state index contributed by atoms with van der Waals surface area (Å²) in [5, 5.41) is 11.0. The highest BCUT2D eigenvalue weighted by atomic mass is 16.5. The number of aryl methyl sites for hydroxylation is 1. The Hall–Kier alpha value is -1.85. The molecule has 0 spiro atoms. The maximum atomic E-state index is 11.9. The number of morpholine rings is 1. The number of rotatable bonds is 3.